The number of ether oxygens (including phenoxy) is 1. The van der Waals surface area contributed by atoms with Crippen LogP contribution in [0.4, 0.5) is 4.79 Å². The van der Waals surface area contributed by atoms with Crippen molar-refractivity contribution in [2.45, 2.75) is 88.9 Å². The first kappa shape index (κ1) is 17.8. The summed E-state index contributed by atoms with van der Waals surface area (Å²) in [6.07, 6.45) is 8.10. The molecule has 1 aromatic heterocycles. The Morgan fingerprint density at radius 2 is 1.77 bits per heavy atom. The molecule has 26 heavy (non-hydrogen) atoms. The van der Waals surface area contributed by atoms with E-state index in [4.69, 9.17) is 4.74 Å². The van der Waals surface area contributed by atoms with Crippen molar-refractivity contribution in [2.24, 2.45) is 0 Å². The Morgan fingerprint density at radius 3 is 2.35 bits per heavy atom. The van der Waals surface area contributed by atoms with E-state index < -0.39 is 0 Å². The highest BCUT2D eigenvalue weighted by atomic mass is 16.5. The van der Waals surface area contributed by atoms with Crippen LogP contribution in [0.15, 0.2) is 6.20 Å². The molecular formula is C19H31N5O2. The van der Waals surface area contributed by atoms with Crippen LogP contribution in [0.2, 0.25) is 0 Å². The average molecular weight is 361 g/mol. The molecule has 0 spiro atoms. The summed E-state index contributed by atoms with van der Waals surface area (Å²) in [5, 5.41) is 12.0. The predicted molar refractivity (Wildman–Crippen MR) is 98.0 cm³/mol. The summed E-state index contributed by atoms with van der Waals surface area (Å²) in [6.45, 7) is 7.99. The SMILES string of the molecule is CC(C)(C)c1cn(C2CC3CCC(C2)N3C(=O)NC2CCOCC2)nn1. The van der Waals surface area contributed by atoms with Crippen molar-refractivity contribution in [1.82, 2.24) is 25.2 Å². The molecule has 2 amide bonds. The third-order valence-electron chi connectivity index (χ3n) is 6.14. The topological polar surface area (TPSA) is 72.3 Å². The highest BCUT2D eigenvalue weighted by Crippen LogP contribution is 2.40. The van der Waals surface area contributed by atoms with Crippen molar-refractivity contribution in [3.8, 4) is 0 Å². The number of hydrogen-bond acceptors (Lipinski definition) is 4. The quantitative estimate of drug-likeness (QED) is 0.879. The second-order valence-corrected chi connectivity index (χ2v) is 9.09. The molecule has 2 unspecified atom stereocenters. The Hall–Kier alpha value is -1.63. The zero-order valence-corrected chi connectivity index (χ0v) is 16.1. The number of carbonyl (C=O) groups excluding carboxylic acids is 1. The molecule has 7 heteroatoms. The van der Waals surface area contributed by atoms with Crippen LogP contribution in [0.25, 0.3) is 0 Å². The molecule has 1 N–H and O–H groups in total. The highest BCUT2D eigenvalue weighted by molar-refractivity contribution is 5.75. The van der Waals surface area contributed by atoms with Crippen LogP contribution in [0.3, 0.4) is 0 Å². The van der Waals surface area contributed by atoms with Crippen LogP contribution in [0.1, 0.15) is 71.0 Å². The van der Waals surface area contributed by atoms with Crippen molar-refractivity contribution in [3.63, 3.8) is 0 Å². The summed E-state index contributed by atoms with van der Waals surface area (Å²) in [5.74, 6) is 0. The fourth-order valence-corrected chi connectivity index (χ4v) is 4.59. The fourth-order valence-electron chi connectivity index (χ4n) is 4.59. The number of nitrogens with zero attached hydrogens (tertiary/aromatic N) is 4. The van der Waals surface area contributed by atoms with E-state index in [2.05, 4.69) is 47.5 Å². The normalized spacial score (nSPS) is 29.8. The Labute approximate surface area is 155 Å². The van der Waals surface area contributed by atoms with E-state index in [0.29, 0.717) is 18.1 Å². The van der Waals surface area contributed by atoms with Crippen molar-refractivity contribution >= 4 is 6.03 Å². The number of aromatic nitrogens is 3. The molecule has 0 aromatic carbocycles. The van der Waals surface area contributed by atoms with Crippen LogP contribution in [-0.2, 0) is 10.2 Å². The third kappa shape index (κ3) is 3.46. The van der Waals surface area contributed by atoms with E-state index in [9.17, 15) is 4.79 Å². The lowest BCUT2D eigenvalue weighted by atomic mass is 9.93. The average Bonchev–Trinajstić information content (AvgIpc) is 3.19. The van der Waals surface area contributed by atoms with Gasteiger partial charge in [0, 0.05) is 43.0 Å². The minimum absolute atomic E-state index is 0.0154. The van der Waals surface area contributed by atoms with Gasteiger partial charge in [-0.15, -0.1) is 5.10 Å². The van der Waals surface area contributed by atoms with E-state index in [1.54, 1.807) is 0 Å². The van der Waals surface area contributed by atoms with Crippen molar-refractivity contribution in [2.75, 3.05) is 13.2 Å². The maximum atomic E-state index is 12.8. The van der Waals surface area contributed by atoms with Crippen LogP contribution >= 0.6 is 0 Å². The zero-order chi connectivity index (χ0) is 18.3. The molecule has 3 aliphatic heterocycles. The molecule has 3 aliphatic rings. The predicted octanol–water partition coefficient (Wildman–Crippen LogP) is 2.63. The molecule has 0 aliphatic carbocycles. The smallest absolute Gasteiger partial charge is 0.318 e. The van der Waals surface area contributed by atoms with Gasteiger partial charge >= 0.3 is 6.03 Å². The fraction of sp³-hybridized carbons (Fsp3) is 0.842. The minimum Gasteiger partial charge on any atom is -0.381 e. The molecule has 4 rings (SSSR count). The van der Waals surface area contributed by atoms with Crippen LogP contribution in [-0.4, -0.2) is 57.3 Å². The van der Waals surface area contributed by atoms with Gasteiger partial charge < -0.3 is 15.0 Å². The first-order valence-electron chi connectivity index (χ1n) is 10.0. The number of nitrogens with one attached hydrogen (secondary N) is 1. The summed E-state index contributed by atoms with van der Waals surface area (Å²) in [5.41, 5.74) is 1.05. The van der Waals surface area contributed by atoms with Gasteiger partial charge in [0.05, 0.1) is 11.7 Å². The summed E-state index contributed by atoms with van der Waals surface area (Å²) in [4.78, 5) is 15.0. The summed E-state index contributed by atoms with van der Waals surface area (Å²) >= 11 is 0. The molecule has 3 saturated heterocycles. The molecule has 4 heterocycles. The standard InChI is InChI=1S/C19H31N5O2/c1-19(2,3)17-12-23(22-21-17)16-10-14-4-5-15(11-16)24(14)18(25)20-13-6-8-26-9-7-13/h12-16H,4-11H2,1-3H3,(H,20,25). The van der Waals surface area contributed by atoms with Crippen LogP contribution < -0.4 is 5.32 Å². The van der Waals surface area contributed by atoms with E-state index >= 15 is 0 Å². The van der Waals surface area contributed by atoms with Gasteiger partial charge in [-0.2, -0.15) is 0 Å². The number of hydrogen-bond donors (Lipinski definition) is 1. The first-order chi connectivity index (χ1) is 12.4. The summed E-state index contributed by atoms with van der Waals surface area (Å²) in [6, 6.07) is 1.37. The maximum Gasteiger partial charge on any atom is 0.318 e. The maximum absolute atomic E-state index is 12.8. The monoisotopic (exact) mass is 361 g/mol. The molecule has 2 atom stereocenters. The van der Waals surface area contributed by atoms with Gasteiger partial charge in [-0.05, 0) is 38.5 Å². The number of piperidine rings is 1. The number of urea groups is 1. The van der Waals surface area contributed by atoms with Crippen LogP contribution in [0.5, 0.6) is 0 Å². The van der Waals surface area contributed by atoms with Gasteiger partial charge in [0.15, 0.2) is 0 Å². The molecule has 0 saturated carbocycles. The van der Waals surface area contributed by atoms with E-state index in [-0.39, 0.29) is 17.5 Å². The largest absolute Gasteiger partial charge is 0.381 e. The molecule has 0 radical (unpaired) electrons. The molecule has 144 valence electrons. The second kappa shape index (κ2) is 6.83. The number of fused-ring (bicyclic) bond motifs is 2. The zero-order valence-electron chi connectivity index (χ0n) is 16.1. The molecule has 1 aromatic rings. The Morgan fingerprint density at radius 1 is 1.12 bits per heavy atom. The Balaban J connectivity index is 1.41. The number of carbonyl (C=O) groups is 1. The third-order valence-corrected chi connectivity index (χ3v) is 6.14. The summed E-state index contributed by atoms with van der Waals surface area (Å²) < 4.78 is 7.43. The van der Waals surface area contributed by atoms with Gasteiger partial charge in [-0.25, -0.2) is 9.48 Å². The lowest BCUT2D eigenvalue weighted by molar-refractivity contribution is 0.0730. The number of rotatable bonds is 2. The van der Waals surface area contributed by atoms with E-state index in [1.165, 1.54) is 0 Å². The van der Waals surface area contributed by atoms with Crippen molar-refractivity contribution in [1.29, 1.82) is 0 Å². The van der Waals surface area contributed by atoms with Gasteiger partial charge in [0.1, 0.15) is 0 Å². The highest BCUT2D eigenvalue weighted by Gasteiger charge is 2.44. The van der Waals surface area contributed by atoms with E-state index in [0.717, 1.165) is 57.4 Å². The second-order valence-electron chi connectivity index (χ2n) is 9.09. The lowest BCUT2D eigenvalue weighted by Gasteiger charge is -2.39. The van der Waals surface area contributed by atoms with Gasteiger partial charge in [0.25, 0.3) is 0 Å². The Bertz CT molecular complexity index is 633. The molecular weight excluding hydrogens is 330 g/mol. The van der Waals surface area contributed by atoms with Crippen LogP contribution in [0, 0.1) is 0 Å². The van der Waals surface area contributed by atoms with Gasteiger partial charge in [0.2, 0.25) is 0 Å². The van der Waals surface area contributed by atoms with Gasteiger partial charge in [-0.3, -0.25) is 0 Å². The first-order valence-corrected chi connectivity index (χ1v) is 10.0. The van der Waals surface area contributed by atoms with Crippen molar-refractivity contribution < 1.29 is 9.53 Å². The molecule has 3 fully saturated rings. The molecule has 2 bridgehead atoms. The van der Waals surface area contributed by atoms with Crippen molar-refractivity contribution in [3.05, 3.63) is 11.9 Å². The minimum atomic E-state index is 0.0154. The number of amides is 2. The van der Waals surface area contributed by atoms with E-state index in [1.807, 2.05) is 4.68 Å². The Kier molecular flexibility index (Phi) is 4.67. The lowest BCUT2D eigenvalue weighted by Crippen LogP contribution is -2.53. The van der Waals surface area contributed by atoms with Gasteiger partial charge in [-0.1, -0.05) is 26.0 Å². The summed E-state index contributed by atoms with van der Waals surface area (Å²) in [7, 11) is 0. The molecule has 7 nitrogen and oxygen atoms in total.